The van der Waals surface area contributed by atoms with Gasteiger partial charge in [-0.15, -0.1) is 0 Å². The second-order valence-corrected chi connectivity index (χ2v) is 10.9. The van der Waals surface area contributed by atoms with E-state index in [-0.39, 0.29) is 29.9 Å². The first kappa shape index (κ1) is 28.5. The van der Waals surface area contributed by atoms with E-state index < -0.39 is 28.5 Å². The van der Waals surface area contributed by atoms with Gasteiger partial charge in [0.25, 0.3) is 0 Å². The number of methoxy groups -OCH3 is 1. The molecule has 0 unspecified atom stereocenters. The zero-order chi connectivity index (χ0) is 26.3. The summed E-state index contributed by atoms with van der Waals surface area (Å²) in [7, 11) is -2.50. The van der Waals surface area contributed by atoms with Crippen LogP contribution in [0.3, 0.4) is 0 Å². The number of hydrogen-bond acceptors (Lipinski definition) is 5. The van der Waals surface area contributed by atoms with E-state index in [9.17, 15) is 18.0 Å². The fourth-order valence-corrected chi connectivity index (χ4v) is 4.48. The Morgan fingerprint density at radius 1 is 1.14 bits per heavy atom. The number of sulfonamides is 1. The number of rotatable bonds is 11. The second kappa shape index (κ2) is 12.3. The van der Waals surface area contributed by atoms with Crippen molar-refractivity contribution >= 4 is 39.1 Å². The minimum absolute atomic E-state index is 0.0661. The second-order valence-electron chi connectivity index (χ2n) is 8.53. The quantitative estimate of drug-likeness (QED) is 0.484. The van der Waals surface area contributed by atoms with Gasteiger partial charge in [-0.25, -0.2) is 8.42 Å². The molecule has 8 nitrogen and oxygen atoms in total. The van der Waals surface area contributed by atoms with Gasteiger partial charge in [0.15, 0.2) is 0 Å². The van der Waals surface area contributed by atoms with Crippen molar-refractivity contribution in [3.63, 3.8) is 0 Å². The molecule has 2 rings (SSSR count). The SMILES string of the molecule is CC[C@H](C)NC(=O)[C@H](C)N(Cc1ccccc1C)C(=O)CN(c1cc(Cl)ccc1OC)S(C)(=O)=O. The van der Waals surface area contributed by atoms with E-state index in [1.54, 1.807) is 13.0 Å². The standard InChI is InChI=1S/C25H34ClN3O5S/c1-7-18(3)27-25(31)19(4)28(15-20-11-9-8-10-17(20)2)24(30)16-29(35(6,32)33)22-14-21(26)12-13-23(22)34-5/h8-14,18-19H,7,15-16H2,1-6H3,(H,27,31)/t18-,19-/m0/s1. The molecule has 1 N–H and O–H groups in total. The molecule has 2 atom stereocenters. The van der Waals surface area contributed by atoms with E-state index in [2.05, 4.69) is 5.32 Å². The molecule has 10 heteroatoms. The van der Waals surface area contributed by atoms with E-state index in [0.29, 0.717) is 5.02 Å². The van der Waals surface area contributed by atoms with Gasteiger partial charge in [0.2, 0.25) is 21.8 Å². The molecule has 2 aromatic rings. The molecule has 0 saturated heterocycles. The summed E-state index contributed by atoms with van der Waals surface area (Å²) in [4.78, 5) is 28.0. The number of nitrogens with zero attached hydrogens (tertiary/aromatic N) is 2. The lowest BCUT2D eigenvalue weighted by atomic mass is 10.1. The van der Waals surface area contributed by atoms with E-state index >= 15 is 0 Å². The number of amides is 2. The lowest BCUT2D eigenvalue weighted by Gasteiger charge is -2.32. The monoisotopic (exact) mass is 523 g/mol. The Labute approximate surface area is 213 Å². The summed E-state index contributed by atoms with van der Waals surface area (Å²) >= 11 is 6.12. The van der Waals surface area contributed by atoms with Gasteiger partial charge in [0, 0.05) is 17.6 Å². The first-order chi connectivity index (χ1) is 16.4. The van der Waals surface area contributed by atoms with Crippen LogP contribution in [-0.4, -0.2) is 57.1 Å². The molecule has 0 aliphatic carbocycles. The number of ether oxygens (including phenoxy) is 1. The van der Waals surface area contributed by atoms with Crippen molar-refractivity contribution in [3.05, 3.63) is 58.6 Å². The maximum atomic E-state index is 13.6. The summed E-state index contributed by atoms with van der Waals surface area (Å²) in [6.07, 6.45) is 1.74. The molecule has 2 amide bonds. The highest BCUT2D eigenvalue weighted by molar-refractivity contribution is 7.92. The van der Waals surface area contributed by atoms with E-state index in [0.717, 1.165) is 28.1 Å². The van der Waals surface area contributed by atoms with Crippen molar-refractivity contribution in [1.82, 2.24) is 10.2 Å². The Hall–Kier alpha value is -2.78. The number of hydrogen-bond donors (Lipinski definition) is 1. The summed E-state index contributed by atoms with van der Waals surface area (Å²) in [6.45, 7) is 7.01. The predicted octanol–water partition coefficient (Wildman–Crippen LogP) is 3.76. The first-order valence-electron chi connectivity index (χ1n) is 11.3. The summed E-state index contributed by atoms with van der Waals surface area (Å²) in [6, 6.07) is 11.2. The number of nitrogens with one attached hydrogen (secondary N) is 1. The van der Waals surface area contributed by atoms with Crippen LogP contribution in [0.4, 0.5) is 5.69 Å². The summed E-state index contributed by atoms with van der Waals surface area (Å²) < 4.78 is 31.8. The number of halogens is 1. The van der Waals surface area contributed by atoms with Crippen molar-refractivity contribution in [2.75, 3.05) is 24.2 Å². The van der Waals surface area contributed by atoms with Gasteiger partial charge in [-0.1, -0.05) is 42.8 Å². The van der Waals surface area contributed by atoms with E-state index in [1.165, 1.54) is 24.1 Å². The molecule has 0 aromatic heterocycles. The largest absolute Gasteiger partial charge is 0.495 e. The molecule has 0 saturated carbocycles. The van der Waals surface area contributed by atoms with Gasteiger partial charge < -0.3 is 15.0 Å². The summed E-state index contributed by atoms with van der Waals surface area (Å²) in [5, 5.41) is 3.20. The molecular formula is C25H34ClN3O5S. The molecule has 2 aromatic carbocycles. The van der Waals surface area contributed by atoms with Crippen LogP contribution in [0.1, 0.15) is 38.3 Å². The van der Waals surface area contributed by atoms with Gasteiger partial charge in [-0.2, -0.15) is 0 Å². The number of anilines is 1. The highest BCUT2D eigenvalue weighted by atomic mass is 35.5. The number of benzene rings is 2. The highest BCUT2D eigenvalue weighted by Gasteiger charge is 2.31. The number of aryl methyl sites for hydroxylation is 1. The van der Waals surface area contributed by atoms with Crippen LogP contribution >= 0.6 is 11.6 Å². The van der Waals surface area contributed by atoms with Crippen LogP contribution in [0, 0.1) is 6.92 Å². The van der Waals surface area contributed by atoms with Crippen molar-refractivity contribution in [3.8, 4) is 5.75 Å². The molecular weight excluding hydrogens is 490 g/mol. The summed E-state index contributed by atoms with van der Waals surface area (Å²) in [5.74, 6) is -0.597. The van der Waals surface area contributed by atoms with Crippen LogP contribution in [-0.2, 0) is 26.2 Å². The molecule has 35 heavy (non-hydrogen) atoms. The molecule has 0 aliphatic heterocycles. The van der Waals surface area contributed by atoms with Gasteiger partial charge in [0.1, 0.15) is 18.3 Å². The molecule has 0 bridgehead atoms. The Morgan fingerprint density at radius 3 is 2.37 bits per heavy atom. The Bertz CT molecular complexity index is 1160. The molecule has 0 fully saturated rings. The normalized spacial score (nSPS) is 13.0. The van der Waals surface area contributed by atoms with Gasteiger partial charge in [0.05, 0.1) is 19.1 Å². The van der Waals surface area contributed by atoms with Crippen molar-refractivity contribution in [2.45, 2.75) is 52.7 Å². The Balaban J connectivity index is 2.47. The molecule has 0 aliphatic rings. The third-order valence-electron chi connectivity index (χ3n) is 5.86. The van der Waals surface area contributed by atoms with Gasteiger partial charge in [-0.05, 0) is 56.5 Å². The average Bonchev–Trinajstić information content (AvgIpc) is 2.80. The van der Waals surface area contributed by atoms with Crippen molar-refractivity contribution in [1.29, 1.82) is 0 Å². The first-order valence-corrected chi connectivity index (χ1v) is 13.6. The minimum Gasteiger partial charge on any atom is -0.495 e. The van der Waals surface area contributed by atoms with Gasteiger partial charge in [-0.3, -0.25) is 13.9 Å². The lowest BCUT2D eigenvalue weighted by molar-refractivity contribution is -0.139. The third kappa shape index (κ3) is 7.60. The summed E-state index contributed by atoms with van der Waals surface area (Å²) in [5.41, 5.74) is 1.95. The fourth-order valence-electron chi connectivity index (χ4n) is 3.47. The minimum atomic E-state index is -3.90. The van der Waals surface area contributed by atoms with E-state index in [1.807, 2.05) is 45.0 Å². The maximum Gasteiger partial charge on any atom is 0.244 e. The average molecular weight is 524 g/mol. The molecule has 0 radical (unpaired) electrons. The van der Waals surface area contributed by atoms with Crippen molar-refractivity contribution in [2.24, 2.45) is 0 Å². The van der Waals surface area contributed by atoms with Crippen LogP contribution in [0.25, 0.3) is 0 Å². The predicted molar refractivity (Wildman–Crippen MR) is 139 cm³/mol. The lowest BCUT2D eigenvalue weighted by Crippen LogP contribution is -2.52. The third-order valence-corrected chi connectivity index (χ3v) is 7.22. The molecule has 192 valence electrons. The zero-order valence-corrected chi connectivity index (χ0v) is 22.6. The smallest absolute Gasteiger partial charge is 0.244 e. The van der Waals surface area contributed by atoms with Crippen LogP contribution in [0.15, 0.2) is 42.5 Å². The maximum absolute atomic E-state index is 13.6. The Kier molecular flexibility index (Phi) is 9.97. The molecule has 0 spiro atoms. The number of carbonyl (C=O) groups is 2. The zero-order valence-electron chi connectivity index (χ0n) is 21.0. The topological polar surface area (TPSA) is 96.0 Å². The molecule has 0 heterocycles. The fraction of sp³-hybridized carbons (Fsp3) is 0.440. The van der Waals surface area contributed by atoms with Gasteiger partial charge >= 0.3 is 0 Å². The van der Waals surface area contributed by atoms with E-state index in [4.69, 9.17) is 16.3 Å². The van der Waals surface area contributed by atoms with Crippen LogP contribution in [0.5, 0.6) is 5.75 Å². The number of carbonyl (C=O) groups excluding carboxylic acids is 2. The highest BCUT2D eigenvalue weighted by Crippen LogP contribution is 2.33. The van der Waals surface area contributed by atoms with Crippen LogP contribution in [0.2, 0.25) is 5.02 Å². The van der Waals surface area contributed by atoms with Crippen molar-refractivity contribution < 1.29 is 22.7 Å². The Morgan fingerprint density at radius 2 is 1.80 bits per heavy atom. The van der Waals surface area contributed by atoms with Crippen LogP contribution < -0.4 is 14.4 Å².